The number of urea groups is 1. The summed E-state index contributed by atoms with van der Waals surface area (Å²) in [5.74, 6) is 0.596. The van der Waals surface area contributed by atoms with E-state index in [1.54, 1.807) is 30.3 Å². The lowest BCUT2D eigenvalue weighted by atomic mass is 10.1. The van der Waals surface area contributed by atoms with Gasteiger partial charge in [0, 0.05) is 30.1 Å². The summed E-state index contributed by atoms with van der Waals surface area (Å²) in [4.78, 5) is 28.6. The molecule has 3 aromatic rings. The molecule has 180 valence electrons. The molecular weight excluding hydrogens is 451 g/mol. The maximum atomic E-state index is 13.6. The molecule has 3 N–H and O–H groups in total. The number of amides is 3. The Morgan fingerprint density at radius 3 is 2.44 bits per heavy atom. The topological polar surface area (TPSA) is 109 Å². The fourth-order valence-electron chi connectivity index (χ4n) is 2.97. The van der Waals surface area contributed by atoms with E-state index in [9.17, 15) is 22.8 Å². The zero-order valence-corrected chi connectivity index (χ0v) is 18.6. The minimum absolute atomic E-state index is 0.0486. The molecule has 11 heteroatoms. The Balaban J connectivity index is 1.58. The highest BCUT2D eigenvalue weighted by atomic mass is 19.4. The van der Waals surface area contributed by atoms with Crippen molar-refractivity contribution < 1.29 is 27.3 Å². The Bertz CT molecular complexity index is 1130. The molecule has 0 aliphatic carbocycles. The first-order chi connectivity index (χ1) is 16.1. The molecule has 1 heterocycles. The Labute approximate surface area is 193 Å². The molecule has 0 aliphatic rings. The van der Waals surface area contributed by atoms with Crippen LogP contribution < -0.4 is 16.0 Å². The van der Waals surface area contributed by atoms with Crippen LogP contribution in [0, 0.1) is 0 Å². The molecule has 8 nitrogen and oxygen atoms in total. The number of nitrogens with zero attached hydrogens (tertiary/aromatic N) is 2. The van der Waals surface area contributed by atoms with Crippen LogP contribution in [0.15, 0.2) is 53.1 Å². The van der Waals surface area contributed by atoms with Gasteiger partial charge >= 0.3 is 12.2 Å². The molecule has 0 unspecified atom stereocenters. The van der Waals surface area contributed by atoms with Gasteiger partial charge in [0.1, 0.15) is 0 Å². The second-order valence-electron chi connectivity index (χ2n) is 7.76. The molecule has 3 amide bonds. The first-order valence-electron chi connectivity index (χ1n) is 10.6. The number of hydrogen-bond donors (Lipinski definition) is 3. The van der Waals surface area contributed by atoms with Crippen LogP contribution in [0.3, 0.4) is 0 Å². The van der Waals surface area contributed by atoms with E-state index in [1.165, 1.54) is 6.07 Å². The number of alkyl halides is 3. The van der Waals surface area contributed by atoms with E-state index in [1.807, 2.05) is 13.8 Å². The Hall–Kier alpha value is -3.89. The number of hydrogen-bond acceptors (Lipinski definition) is 5. The zero-order chi connectivity index (χ0) is 24.7. The lowest BCUT2D eigenvalue weighted by Gasteiger charge is -2.16. The monoisotopic (exact) mass is 475 g/mol. The SMILES string of the molecule is CC(C)c1noc(CCCNC(=O)Nc2ccc(NC(=O)c3ccccc3)cc2C(F)(F)F)n1. The van der Waals surface area contributed by atoms with Gasteiger partial charge in [0.25, 0.3) is 5.91 Å². The highest BCUT2D eigenvalue weighted by Gasteiger charge is 2.34. The minimum atomic E-state index is -4.75. The molecule has 0 bridgehead atoms. The third-order valence-corrected chi connectivity index (χ3v) is 4.72. The molecule has 3 rings (SSSR count). The predicted octanol–water partition coefficient (Wildman–Crippen LogP) is 5.22. The van der Waals surface area contributed by atoms with E-state index < -0.39 is 29.4 Å². The van der Waals surface area contributed by atoms with Crippen molar-refractivity contribution in [2.75, 3.05) is 17.2 Å². The molecule has 0 spiro atoms. The average Bonchev–Trinajstić information content (AvgIpc) is 3.27. The first kappa shape index (κ1) is 24.7. The van der Waals surface area contributed by atoms with Crippen molar-refractivity contribution in [1.82, 2.24) is 15.5 Å². The molecule has 0 saturated heterocycles. The minimum Gasteiger partial charge on any atom is -0.339 e. The zero-order valence-electron chi connectivity index (χ0n) is 18.6. The number of halogens is 3. The van der Waals surface area contributed by atoms with Crippen LogP contribution in [0.4, 0.5) is 29.3 Å². The standard InChI is InChI=1S/C23H24F3N5O3/c1-14(2)20-30-19(34-31-20)9-6-12-27-22(33)29-18-11-10-16(13-17(18)23(24,25)26)28-21(32)15-7-4-3-5-8-15/h3-5,7-8,10-11,13-14H,6,9,12H2,1-2H3,(H,28,32)(H2,27,29,33). The number of nitrogens with one attached hydrogen (secondary N) is 3. The van der Waals surface area contributed by atoms with Gasteiger partial charge in [-0.3, -0.25) is 4.79 Å². The molecule has 2 aromatic carbocycles. The summed E-state index contributed by atoms with van der Waals surface area (Å²) in [7, 11) is 0. The Kier molecular flexibility index (Phi) is 7.87. The lowest BCUT2D eigenvalue weighted by molar-refractivity contribution is -0.136. The number of carbonyl (C=O) groups is 2. The molecule has 0 atom stereocenters. The number of anilines is 2. The third kappa shape index (κ3) is 6.80. The Morgan fingerprint density at radius 2 is 1.79 bits per heavy atom. The average molecular weight is 475 g/mol. The summed E-state index contributed by atoms with van der Waals surface area (Å²) in [6.45, 7) is 4.05. The van der Waals surface area contributed by atoms with Gasteiger partial charge in [0.2, 0.25) is 5.89 Å². The lowest BCUT2D eigenvalue weighted by Crippen LogP contribution is -2.30. The summed E-state index contributed by atoms with van der Waals surface area (Å²) < 4.78 is 45.9. The van der Waals surface area contributed by atoms with Gasteiger partial charge in [0.15, 0.2) is 5.82 Å². The van der Waals surface area contributed by atoms with Crippen molar-refractivity contribution in [1.29, 1.82) is 0 Å². The van der Waals surface area contributed by atoms with Crippen molar-refractivity contribution in [3.63, 3.8) is 0 Å². The van der Waals surface area contributed by atoms with E-state index in [4.69, 9.17) is 4.52 Å². The van der Waals surface area contributed by atoms with E-state index in [0.717, 1.165) is 12.1 Å². The predicted molar refractivity (Wildman–Crippen MR) is 120 cm³/mol. The van der Waals surface area contributed by atoms with E-state index in [0.29, 0.717) is 30.1 Å². The van der Waals surface area contributed by atoms with Gasteiger partial charge < -0.3 is 20.5 Å². The summed E-state index contributed by atoms with van der Waals surface area (Å²) in [5, 5.41) is 11.0. The van der Waals surface area contributed by atoms with E-state index in [-0.39, 0.29) is 18.2 Å². The van der Waals surface area contributed by atoms with Gasteiger partial charge in [-0.15, -0.1) is 0 Å². The molecule has 1 aromatic heterocycles. The van der Waals surface area contributed by atoms with E-state index >= 15 is 0 Å². The quantitative estimate of drug-likeness (QED) is 0.387. The molecule has 0 aliphatic heterocycles. The molecule has 0 saturated carbocycles. The van der Waals surface area contributed by atoms with E-state index in [2.05, 4.69) is 26.1 Å². The fraction of sp³-hybridized carbons (Fsp3) is 0.304. The second-order valence-corrected chi connectivity index (χ2v) is 7.76. The normalized spacial score (nSPS) is 11.4. The second kappa shape index (κ2) is 10.8. The van der Waals surface area contributed by atoms with Gasteiger partial charge in [-0.25, -0.2) is 4.79 Å². The smallest absolute Gasteiger partial charge is 0.339 e. The van der Waals surface area contributed by atoms with Crippen molar-refractivity contribution >= 4 is 23.3 Å². The van der Waals surface area contributed by atoms with Gasteiger partial charge in [0.05, 0.1) is 11.3 Å². The summed E-state index contributed by atoms with van der Waals surface area (Å²) in [6.07, 6.45) is -3.87. The van der Waals surface area contributed by atoms with Crippen LogP contribution in [0.5, 0.6) is 0 Å². The van der Waals surface area contributed by atoms with Crippen molar-refractivity contribution in [3.8, 4) is 0 Å². The highest BCUT2D eigenvalue weighted by molar-refractivity contribution is 6.04. The number of rotatable bonds is 8. The van der Waals surface area contributed by atoms with Crippen LogP contribution in [0.25, 0.3) is 0 Å². The van der Waals surface area contributed by atoms with Crippen molar-refractivity contribution in [2.24, 2.45) is 0 Å². The van der Waals surface area contributed by atoms with Crippen LogP contribution in [0.2, 0.25) is 0 Å². The maximum absolute atomic E-state index is 13.6. The van der Waals surface area contributed by atoms with Crippen molar-refractivity contribution in [2.45, 2.75) is 38.8 Å². The molecule has 0 radical (unpaired) electrons. The van der Waals surface area contributed by atoms with Gasteiger partial charge in [-0.2, -0.15) is 18.2 Å². The number of aryl methyl sites for hydroxylation is 1. The summed E-state index contributed by atoms with van der Waals surface area (Å²) >= 11 is 0. The number of benzene rings is 2. The Morgan fingerprint density at radius 1 is 1.06 bits per heavy atom. The molecule has 34 heavy (non-hydrogen) atoms. The van der Waals surface area contributed by atoms with Crippen LogP contribution in [-0.4, -0.2) is 28.6 Å². The number of aromatic nitrogens is 2. The van der Waals surface area contributed by atoms with Crippen LogP contribution >= 0.6 is 0 Å². The molecular formula is C23H24F3N5O3. The first-order valence-corrected chi connectivity index (χ1v) is 10.6. The fourth-order valence-corrected chi connectivity index (χ4v) is 2.97. The molecule has 0 fully saturated rings. The highest BCUT2D eigenvalue weighted by Crippen LogP contribution is 2.36. The number of carbonyl (C=O) groups excluding carboxylic acids is 2. The largest absolute Gasteiger partial charge is 0.418 e. The maximum Gasteiger partial charge on any atom is 0.418 e. The summed E-state index contributed by atoms with van der Waals surface area (Å²) in [6, 6.07) is 10.5. The van der Waals surface area contributed by atoms with Crippen LogP contribution in [-0.2, 0) is 12.6 Å². The summed E-state index contributed by atoms with van der Waals surface area (Å²) in [5.41, 5.74) is -1.26. The van der Waals surface area contributed by atoms with Gasteiger partial charge in [-0.1, -0.05) is 37.2 Å². The van der Waals surface area contributed by atoms with Crippen molar-refractivity contribution in [3.05, 3.63) is 71.4 Å². The van der Waals surface area contributed by atoms with Crippen LogP contribution in [0.1, 0.15) is 53.8 Å². The van der Waals surface area contributed by atoms with Gasteiger partial charge in [-0.05, 0) is 36.8 Å². The third-order valence-electron chi connectivity index (χ3n) is 4.72.